The van der Waals surface area contributed by atoms with Crippen LogP contribution in [0.1, 0.15) is 17.1 Å². The minimum absolute atomic E-state index is 0.0339. The lowest BCUT2D eigenvalue weighted by Gasteiger charge is -2.09. The van der Waals surface area contributed by atoms with Gasteiger partial charge in [0.1, 0.15) is 11.5 Å². The predicted octanol–water partition coefficient (Wildman–Crippen LogP) is 2.49. The molecule has 3 heterocycles. The van der Waals surface area contributed by atoms with E-state index in [1.807, 2.05) is 18.2 Å². The van der Waals surface area contributed by atoms with Crippen molar-refractivity contribution >= 4 is 21.5 Å². The van der Waals surface area contributed by atoms with Gasteiger partial charge in [-0.3, -0.25) is 9.71 Å². The van der Waals surface area contributed by atoms with Crippen LogP contribution in [0, 0.1) is 13.8 Å². The van der Waals surface area contributed by atoms with Crippen LogP contribution in [-0.4, -0.2) is 23.5 Å². The lowest BCUT2D eigenvalue weighted by Crippen LogP contribution is -2.15. The van der Waals surface area contributed by atoms with Crippen LogP contribution in [0.3, 0.4) is 0 Å². The van der Waals surface area contributed by atoms with Gasteiger partial charge in [0, 0.05) is 6.20 Å². The maximum atomic E-state index is 12.4. The van der Waals surface area contributed by atoms with Gasteiger partial charge >= 0.3 is 0 Å². The van der Waals surface area contributed by atoms with Crippen molar-refractivity contribution in [2.45, 2.75) is 25.3 Å². The summed E-state index contributed by atoms with van der Waals surface area (Å²) in [6, 6.07) is 8.99. The average molecular weight is 359 g/mol. The van der Waals surface area contributed by atoms with Crippen molar-refractivity contribution in [3.05, 3.63) is 59.9 Å². The first-order chi connectivity index (χ1) is 12.0. The Labute approximate surface area is 145 Å². The summed E-state index contributed by atoms with van der Waals surface area (Å²) >= 11 is 0. The van der Waals surface area contributed by atoms with Gasteiger partial charge in [0.2, 0.25) is 0 Å². The SMILES string of the molecule is Cc1noc(C)c1S(=O)(=O)Nc1ccc(NCc2ccccn2)cn1. The van der Waals surface area contributed by atoms with Gasteiger partial charge in [-0.15, -0.1) is 0 Å². The highest BCUT2D eigenvalue weighted by molar-refractivity contribution is 7.92. The molecule has 3 aromatic rings. The van der Waals surface area contributed by atoms with Crippen molar-refractivity contribution in [3.63, 3.8) is 0 Å². The van der Waals surface area contributed by atoms with E-state index in [0.717, 1.165) is 11.4 Å². The van der Waals surface area contributed by atoms with Gasteiger partial charge in [-0.25, -0.2) is 13.4 Å². The lowest BCUT2D eigenvalue weighted by molar-refractivity contribution is 0.390. The van der Waals surface area contributed by atoms with Crippen LogP contribution in [0.5, 0.6) is 0 Å². The van der Waals surface area contributed by atoms with Gasteiger partial charge in [-0.2, -0.15) is 0 Å². The number of anilines is 2. The highest BCUT2D eigenvalue weighted by atomic mass is 32.2. The second-order valence-electron chi connectivity index (χ2n) is 5.37. The molecule has 9 heteroatoms. The second kappa shape index (κ2) is 6.89. The summed E-state index contributed by atoms with van der Waals surface area (Å²) in [4.78, 5) is 8.37. The molecule has 3 aromatic heterocycles. The van der Waals surface area contributed by atoms with Gasteiger partial charge in [0.05, 0.1) is 24.1 Å². The van der Waals surface area contributed by atoms with Crippen molar-refractivity contribution in [2.24, 2.45) is 0 Å². The topological polar surface area (TPSA) is 110 Å². The molecular formula is C16H17N5O3S. The number of aromatic nitrogens is 3. The number of hydrogen-bond acceptors (Lipinski definition) is 7. The molecule has 0 saturated heterocycles. The molecule has 0 atom stereocenters. The molecule has 0 bridgehead atoms. The van der Waals surface area contributed by atoms with Gasteiger partial charge in [0.15, 0.2) is 10.7 Å². The Morgan fingerprint density at radius 1 is 1.12 bits per heavy atom. The summed E-state index contributed by atoms with van der Waals surface area (Å²) < 4.78 is 32.2. The zero-order chi connectivity index (χ0) is 17.9. The van der Waals surface area contributed by atoms with Gasteiger partial charge < -0.3 is 9.84 Å². The van der Waals surface area contributed by atoms with Crippen molar-refractivity contribution in [3.8, 4) is 0 Å². The molecule has 3 rings (SSSR count). The normalized spacial score (nSPS) is 11.3. The van der Waals surface area contributed by atoms with Crippen molar-refractivity contribution in [1.82, 2.24) is 15.1 Å². The summed E-state index contributed by atoms with van der Waals surface area (Å²) in [5.74, 6) is 0.446. The Bertz CT molecular complexity index is 934. The van der Waals surface area contributed by atoms with Crippen molar-refractivity contribution in [2.75, 3.05) is 10.0 Å². The number of aryl methyl sites for hydroxylation is 2. The molecule has 0 aliphatic heterocycles. The van der Waals surface area contributed by atoms with E-state index in [2.05, 4.69) is 25.2 Å². The summed E-state index contributed by atoms with van der Waals surface area (Å²) in [7, 11) is -3.80. The molecule has 0 saturated carbocycles. The summed E-state index contributed by atoms with van der Waals surface area (Å²) in [6.07, 6.45) is 3.27. The Morgan fingerprint density at radius 2 is 1.96 bits per heavy atom. The van der Waals surface area contributed by atoms with Gasteiger partial charge in [-0.05, 0) is 38.1 Å². The fourth-order valence-electron chi connectivity index (χ4n) is 2.30. The van der Waals surface area contributed by atoms with E-state index < -0.39 is 10.0 Å². The third-order valence-electron chi connectivity index (χ3n) is 3.44. The molecule has 0 fully saturated rings. The maximum absolute atomic E-state index is 12.4. The highest BCUT2D eigenvalue weighted by Crippen LogP contribution is 2.22. The average Bonchev–Trinajstić information content (AvgIpc) is 2.94. The van der Waals surface area contributed by atoms with Crippen LogP contribution < -0.4 is 10.0 Å². The number of nitrogens with one attached hydrogen (secondary N) is 2. The van der Waals surface area contributed by atoms with Crippen LogP contribution >= 0.6 is 0 Å². The molecule has 0 unspecified atom stereocenters. The number of hydrogen-bond donors (Lipinski definition) is 2. The molecule has 2 N–H and O–H groups in total. The smallest absolute Gasteiger partial charge is 0.268 e. The molecule has 0 aliphatic carbocycles. The van der Waals surface area contributed by atoms with Crippen LogP contribution in [0.4, 0.5) is 11.5 Å². The molecule has 8 nitrogen and oxygen atoms in total. The summed E-state index contributed by atoms with van der Waals surface area (Å²) in [5.41, 5.74) is 1.95. The van der Waals surface area contributed by atoms with E-state index in [1.54, 1.807) is 38.4 Å². The number of sulfonamides is 1. The first kappa shape index (κ1) is 16.9. The lowest BCUT2D eigenvalue weighted by atomic mass is 10.3. The molecule has 0 aliphatic rings. The van der Waals surface area contributed by atoms with Gasteiger partial charge in [0.25, 0.3) is 10.0 Å². The first-order valence-corrected chi connectivity index (χ1v) is 8.99. The fourth-order valence-corrected chi connectivity index (χ4v) is 3.64. The molecule has 0 aromatic carbocycles. The third-order valence-corrected chi connectivity index (χ3v) is 5.04. The quantitative estimate of drug-likeness (QED) is 0.695. The maximum Gasteiger partial charge on any atom is 0.268 e. The van der Waals surface area contributed by atoms with Crippen LogP contribution in [0.25, 0.3) is 0 Å². The summed E-state index contributed by atoms with van der Waals surface area (Å²) in [6.45, 7) is 3.67. The van der Waals surface area contributed by atoms with Crippen LogP contribution in [-0.2, 0) is 16.6 Å². The Balaban J connectivity index is 1.68. The fraction of sp³-hybridized carbons (Fsp3) is 0.188. The van der Waals surface area contributed by atoms with E-state index >= 15 is 0 Å². The van der Waals surface area contributed by atoms with Gasteiger partial charge in [-0.1, -0.05) is 11.2 Å². The Morgan fingerprint density at radius 3 is 2.56 bits per heavy atom. The number of nitrogens with zero attached hydrogens (tertiary/aromatic N) is 3. The molecule has 0 amide bonds. The van der Waals surface area contributed by atoms with E-state index in [4.69, 9.17) is 4.52 Å². The largest absolute Gasteiger partial charge is 0.378 e. The molecule has 0 radical (unpaired) electrons. The van der Waals surface area contributed by atoms with Crippen molar-refractivity contribution < 1.29 is 12.9 Å². The second-order valence-corrected chi connectivity index (χ2v) is 6.98. The molecule has 25 heavy (non-hydrogen) atoms. The number of rotatable bonds is 6. The summed E-state index contributed by atoms with van der Waals surface area (Å²) in [5, 5.41) is 6.83. The molecule has 130 valence electrons. The Kier molecular flexibility index (Phi) is 4.66. The predicted molar refractivity (Wildman–Crippen MR) is 92.6 cm³/mol. The standard InChI is InChI=1S/C16H17N5O3S/c1-11-16(12(2)24-20-11)25(22,23)21-15-7-6-14(10-19-15)18-9-13-5-3-4-8-17-13/h3-8,10,18H,9H2,1-2H3,(H,19,21). The van der Waals surface area contributed by atoms with E-state index in [9.17, 15) is 8.42 Å². The molecule has 0 spiro atoms. The van der Waals surface area contributed by atoms with Crippen LogP contribution in [0.15, 0.2) is 52.1 Å². The third kappa shape index (κ3) is 3.94. The van der Waals surface area contributed by atoms with Crippen molar-refractivity contribution in [1.29, 1.82) is 0 Å². The van der Waals surface area contributed by atoms with E-state index in [0.29, 0.717) is 12.2 Å². The first-order valence-electron chi connectivity index (χ1n) is 7.51. The zero-order valence-electron chi connectivity index (χ0n) is 13.7. The molecular weight excluding hydrogens is 342 g/mol. The van der Waals surface area contributed by atoms with E-state index in [-0.39, 0.29) is 16.5 Å². The van der Waals surface area contributed by atoms with E-state index in [1.165, 1.54) is 0 Å². The minimum atomic E-state index is -3.80. The Hall–Kier alpha value is -2.94. The monoisotopic (exact) mass is 359 g/mol. The zero-order valence-corrected chi connectivity index (χ0v) is 14.5. The highest BCUT2D eigenvalue weighted by Gasteiger charge is 2.24. The minimum Gasteiger partial charge on any atom is -0.378 e. The number of pyridine rings is 2. The van der Waals surface area contributed by atoms with Crippen LogP contribution in [0.2, 0.25) is 0 Å².